The minimum Gasteiger partial charge on any atom is -0.397 e. The summed E-state index contributed by atoms with van der Waals surface area (Å²) in [6, 6.07) is 5.92. The maximum absolute atomic E-state index is 12.3. The molecule has 2 unspecified atom stereocenters. The van der Waals surface area contributed by atoms with Crippen molar-refractivity contribution in [2.24, 2.45) is 0 Å². The fourth-order valence-electron chi connectivity index (χ4n) is 3.23. The largest absolute Gasteiger partial charge is 0.397 e. The van der Waals surface area contributed by atoms with E-state index in [0.717, 1.165) is 19.5 Å². The van der Waals surface area contributed by atoms with Crippen LogP contribution in [0.25, 0.3) is 0 Å². The highest BCUT2D eigenvalue weighted by Crippen LogP contribution is 2.29. The summed E-state index contributed by atoms with van der Waals surface area (Å²) in [5, 5.41) is 3.55. The van der Waals surface area contributed by atoms with Crippen LogP contribution in [0.1, 0.15) is 29.6 Å². The van der Waals surface area contributed by atoms with Gasteiger partial charge in [-0.05, 0) is 37.9 Å². The number of nitrogens with two attached hydrogens (primary N) is 1. The first-order chi connectivity index (χ1) is 9.16. The van der Waals surface area contributed by atoms with E-state index in [1.54, 1.807) is 18.2 Å². The maximum atomic E-state index is 12.3. The number of nitrogen functional groups attached to an aromatic ring is 1. The Labute approximate surface area is 117 Å². The third kappa shape index (κ3) is 2.30. The molecular formula is C14H18ClN3O. The van der Waals surface area contributed by atoms with Crippen LogP contribution in [0, 0.1) is 0 Å². The summed E-state index contributed by atoms with van der Waals surface area (Å²) in [7, 11) is 0. The van der Waals surface area contributed by atoms with Crippen molar-refractivity contribution in [3.8, 4) is 0 Å². The topological polar surface area (TPSA) is 58.4 Å². The Kier molecular flexibility index (Phi) is 3.37. The minimum absolute atomic E-state index is 0.112. The molecule has 0 aromatic heterocycles. The Morgan fingerprint density at radius 1 is 1.37 bits per heavy atom. The molecule has 4 nitrogen and oxygen atoms in total. The van der Waals surface area contributed by atoms with Gasteiger partial charge in [-0.3, -0.25) is 9.69 Å². The normalized spacial score (nSPS) is 26.4. The number of carbonyl (C=O) groups is 1. The van der Waals surface area contributed by atoms with E-state index in [9.17, 15) is 4.79 Å². The standard InChI is InChI=1S/C14H18ClN3O/c15-10-4-1-3-9(13(10)16)14(19)17-11-6-8-18-7-2-5-12(11)18/h1,3-4,11-12H,2,5-8,16H2,(H,17,19). The summed E-state index contributed by atoms with van der Waals surface area (Å²) in [5.41, 5.74) is 6.70. The predicted octanol–water partition coefficient (Wildman–Crippen LogP) is 1.89. The summed E-state index contributed by atoms with van der Waals surface area (Å²) < 4.78 is 0. The first-order valence-electron chi connectivity index (χ1n) is 6.75. The van der Waals surface area contributed by atoms with Gasteiger partial charge in [0.05, 0.1) is 16.3 Å². The van der Waals surface area contributed by atoms with Gasteiger partial charge in [-0.1, -0.05) is 17.7 Å². The van der Waals surface area contributed by atoms with Crippen LogP contribution in [0.2, 0.25) is 5.02 Å². The molecule has 19 heavy (non-hydrogen) atoms. The molecule has 2 atom stereocenters. The number of hydrogen-bond acceptors (Lipinski definition) is 3. The number of carbonyl (C=O) groups excluding carboxylic acids is 1. The van der Waals surface area contributed by atoms with Crippen molar-refractivity contribution >= 4 is 23.2 Å². The van der Waals surface area contributed by atoms with Gasteiger partial charge in [-0.2, -0.15) is 0 Å². The lowest BCUT2D eigenvalue weighted by molar-refractivity contribution is 0.0930. The van der Waals surface area contributed by atoms with Crippen LogP contribution in [-0.2, 0) is 0 Å². The van der Waals surface area contributed by atoms with E-state index in [2.05, 4.69) is 10.2 Å². The van der Waals surface area contributed by atoms with Crippen LogP contribution in [0.3, 0.4) is 0 Å². The molecule has 1 aromatic carbocycles. The molecule has 0 radical (unpaired) electrons. The molecule has 5 heteroatoms. The van der Waals surface area contributed by atoms with Crippen LogP contribution in [-0.4, -0.2) is 36.0 Å². The van der Waals surface area contributed by atoms with Crippen LogP contribution in [0.5, 0.6) is 0 Å². The van der Waals surface area contributed by atoms with Gasteiger partial charge in [0, 0.05) is 18.6 Å². The van der Waals surface area contributed by atoms with Crippen molar-refractivity contribution in [1.82, 2.24) is 10.2 Å². The van der Waals surface area contributed by atoms with Gasteiger partial charge in [0.1, 0.15) is 0 Å². The Bertz CT molecular complexity index is 505. The molecule has 102 valence electrons. The molecule has 2 fully saturated rings. The second kappa shape index (κ2) is 5.02. The van der Waals surface area contributed by atoms with Crippen molar-refractivity contribution in [3.05, 3.63) is 28.8 Å². The van der Waals surface area contributed by atoms with E-state index in [1.807, 2.05) is 0 Å². The highest BCUT2D eigenvalue weighted by molar-refractivity contribution is 6.33. The van der Waals surface area contributed by atoms with E-state index < -0.39 is 0 Å². The fraction of sp³-hybridized carbons (Fsp3) is 0.500. The van der Waals surface area contributed by atoms with Gasteiger partial charge in [0.15, 0.2) is 0 Å². The number of amides is 1. The third-order valence-electron chi connectivity index (χ3n) is 4.22. The second-order valence-electron chi connectivity index (χ2n) is 5.32. The fourth-order valence-corrected chi connectivity index (χ4v) is 3.41. The van der Waals surface area contributed by atoms with Gasteiger partial charge in [0.25, 0.3) is 5.91 Å². The van der Waals surface area contributed by atoms with Crippen molar-refractivity contribution in [1.29, 1.82) is 0 Å². The van der Waals surface area contributed by atoms with Crippen molar-refractivity contribution in [2.75, 3.05) is 18.8 Å². The Balaban J connectivity index is 1.73. The van der Waals surface area contributed by atoms with Gasteiger partial charge in [-0.15, -0.1) is 0 Å². The van der Waals surface area contributed by atoms with Crippen LogP contribution in [0.4, 0.5) is 5.69 Å². The smallest absolute Gasteiger partial charge is 0.253 e. The molecule has 0 saturated carbocycles. The molecule has 3 N–H and O–H groups in total. The van der Waals surface area contributed by atoms with E-state index in [4.69, 9.17) is 17.3 Å². The highest BCUT2D eigenvalue weighted by atomic mass is 35.5. The maximum Gasteiger partial charge on any atom is 0.253 e. The zero-order valence-electron chi connectivity index (χ0n) is 10.7. The number of rotatable bonds is 2. The second-order valence-corrected chi connectivity index (χ2v) is 5.72. The SMILES string of the molecule is Nc1c(Cl)cccc1C(=O)NC1CCN2CCCC12. The Hall–Kier alpha value is -1.26. The number of benzene rings is 1. The van der Waals surface area contributed by atoms with E-state index in [1.165, 1.54) is 12.8 Å². The van der Waals surface area contributed by atoms with Crippen LogP contribution < -0.4 is 11.1 Å². The van der Waals surface area contributed by atoms with Gasteiger partial charge >= 0.3 is 0 Å². The quantitative estimate of drug-likeness (QED) is 0.813. The number of fused-ring (bicyclic) bond motifs is 1. The monoisotopic (exact) mass is 279 g/mol. The lowest BCUT2D eigenvalue weighted by atomic mass is 10.1. The summed E-state index contributed by atoms with van der Waals surface area (Å²) in [6.07, 6.45) is 3.43. The van der Waals surface area contributed by atoms with E-state index >= 15 is 0 Å². The number of nitrogens with zero attached hydrogens (tertiary/aromatic N) is 1. The van der Waals surface area contributed by atoms with Crippen molar-refractivity contribution < 1.29 is 4.79 Å². The van der Waals surface area contributed by atoms with E-state index in [0.29, 0.717) is 22.3 Å². The van der Waals surface area contributed by atoms with Crippen molar-refractivity contribution in [2.45, 2.75) is 31.3 Å². The molecule has 1 aromatic rings. The summed E-state index contributed by atoms with van der Waals surface area (Å²) in [6.45, 7) is 2.25. The first kappa shape index (κ1) is 12.8. The number of hydrogen-bond donors (Lipinski definition) is 2. The molecule has 0 bridgehead atoms. The number of anilines is 1. The Morgan fingerprint density at radius 2 is 2.21 bits per heavy atom. The molecule has 3 rings (SSSR count). The highest BCUT2D eigenvalue weighted by Gasteiger charge is 2.37. The molecule has 1 amide bonds. The molecule has 0 aliphatic carbocycles. The third-order valence-corrected chi connectivity index (χ3v) is 4.55. The molecule has 2 saturated heterocycles. The predicted molar refractivity (Wildman–Crippen MR) is 76.3 cm³/mol. The van der Waals surface area contributed by atoms with Crippen LogP contribution >= 0.6 is 11.6 Å². The average molecular weight is 280 g/mol. The number of nitrogens with one attached hydrogen (secondary N) is 1. The van der Waals surface area contributed by atoms with Gasteiger partial charge in [0.2, 0.25) is 0 Å². The molecule has 0 spiro atoms. The average Bonchev–Trinajstić information content (AvgIpc) is 2.97. The lowest BCUT2D eigenvalue weighted by Gasteiger charge is -2.21. The van der Waals surface area contributed by atoms with E-state index in [-0.39, 0.29) is 11.9 Å². The Morgan fingerprint density at radius 3 is 3.05 bits per heavy atom. The molecule has 2 heterocycles. The summed E-state index contributed by atoms with van der Waals surface area (Å²) in [5.74, 6) is -0.112. The zero-order chi connectivity index (χ0) is 13.4. The first-order valence-corrected chi connectivity index (χ1v) is 7.13. The van der Waals surface area contributed by atoms with Crippen LogP contribution in [0.15, 0.2) is 18.2 Å². The van der Waals surface area contributed by atoms with Gasteiger partial charge in [-0.25, -0.2) is 0 Å². The lowest BCUT2D eigenvalue weighted by Crippen LogP contribution is -2.42. The minimum atomic E-state index is -0.112. The summed E-state index contributed by atoms with van der Waals surface area (Å²) in [4.78, 5) is 14.8. The molecule has 2 aliphatic heterocycles. The molecule has 2 aliphatic rings. The zero-order valence-corrected chi connectivity index (χ0v) is 11.5. The van der Waals surface area contributed by atoms with Gasteiger partial charge < -0.3 is 11.1 Å². The number of halogens is 1. The number of para-hydroxylation sites is 1. The van der Waals surface area contributed by atoms with Crippen molar-refractivity contribution in [3.63, 3.8) is 0 Å². The summed E-state index contributed by atoms with van der Waals surface area (Å²) >= 11 is 5.95. The molecular weight excluding hydrogens is 262 g/mol.